The van der Waals surface area contributed by atoms with E-state index in [0.717, 1.165) is 28.1 Å². The van der Waals surface area contributed by atoms with E-state index in [-0.39, 0.29) is 12.3 Å². The summed E-state index contributed by atoms with van der Waals surface area (Å²) in [5.74, 6) is -1.15. The maximum Gasteiger partial charge on any atom is 0.326 e. The molecule has 0 spiro atoms. The van der Waals surface area contributed by atoms with Crippen LogP contribution in [0.15, 0.2) is 24.3 Å². The highest BCUT2D eigenvalue weighted by Gasteiger charge is 2.34. The highest BCUT2D eigenvalue weighted by Crippen LogP contribution is 2.25. The molecule has 0 fully saturated rings. The molecule has 0 aliphatic carbocycles. The molecule has 6 heteroatoms. The Balaban J connectivity index is 1.87. The highest BCUT2D eigenvalue weighted by atomic mass is 16.4. The minimum absolute atomic E-state index is 0.167. The Hall–Kier alpha value is -2.63. The molecule has 3 rings (SSSR count). The molecule has 0 radical (unpaired) electrons. The highest BCUT2D eigenvalue weighted by molar-refractivity contribution is 5.86. The number of benzene rings is 1. The van der Waals surface area contributed by atoms with Crippen LogP contribution in [0, 0.1) is 13.8 Å². The summed E-state index contributed by atoms with van der Waals surface area (Å²) in [6, 6.07) is 6.87. The van der Waals surface area contributed by atoms with Crippen molar-refractivity contribution in [2.75, 3.05) is 0 Å². The Morgan fingerprint density at radius 1 is 1.30 bits per heavy atom. The third-order valence-electron chi connectivity index (χ3n) is 4.46. The smallest absolute Gasteiger partial charge is 0.326 e. The second-order valence-corrected chi connectivity index (χ2v) is 5.94. The van der Waals surface area contributed by atoms with E-state index < -0.39 is 12.0 Å². The molecule has 2 aromatic rings. The topological polar surface area (TPSA) is 86.3 Å². The van der Waals surface area contributed by atoms with E-state index in [1.165, 1.54) is 4.90 Å². The molecule has 1 amide bonds. The van der Waals surface area contributed by atoms with E-state index in [0.29, 0.717) is 13.0 Å². The van der Waals surface area contributed by atoms with Crippen LogP contribution in [-0.4, -0.2) is 38.1 Å². The number of rotatable bonds is 3. The van der Waals surface area contributed by atoms with Gasteiger partial charge in [0.05, 0.1) is 12.1 Å². The van der Waals surface area contributed by atoms with E-state index >= 15 is 0 Å². The predicted octanol–water partition coefficient (Wildman–Crippen LogP) is 1.61. The van der Waals surface area contributed by atoms with Crippen LogP contribution < -0.4 is 0 Å². The monoisotopic (exact) mass is 313 g/mol. The lowest BCUT2D eigenvalue weighted by atomic mass is 9.93. The van der Waals surface area contributed by atoms with Crippen molar-refractivity contribution in [1.82, 2.24) is 15.1 Å². The molecule has 1 aliphatic heterocycles. The maximum absolute atomic E-state index is 12.7. The number of aryl methyl sites for hydroxylation is 2. The van der Waals surface area contributed by atoms with Gasteiger partial charge in [0.2, 0.25) is 5.91 Å². The Kier molecular flexibility index (Phi) is 3.90. The van der Waals surface area contributed by atoms with Gasteiger partial charge in [0.15, 0.2) is 0 Å². The molecular weight excluding hydrogens is 294 g/mol. The van der Waals surface area contributed by atoms with Gasteiger partial charge in [-0.05, 0) is 25.0 Å². The van der Waals surface area contributed by atoms with Crippen molar-refractivity contribution in [2.24, 2.45) is 0 Å². The molecule has 0 saturated carbocycles. The van der Waals surface area contributed by atoms with Crippen molar-refractivity contribution in [3.63, 3.8) is 0 Å². The lowest BCUT2D eigenvalue weighted by Crippen LogP contribution is -2.49. The summed E-state index contributed by atoms with van der Waals surface area (Å²) in [7, 11) is 0. The van der Waals surface area contributed by atoms with Crippen LogP contribution in [0.1, 0.15) is 28.1 Å². The number of fused-ring (bicyclic) bond motifs is 1. The minimum atomic E-state index is -0.964. The number of aromatic amines is 1. The quantitative estimate of drug-likeness (QED) is 0.901. The van der Waals surface area contributed by atoms with Crippen molar-refractivity contribution in [2.45, 2.75) is 39.3 Å². The average molecular weight is 313 g/mol. The van der Waals surface area contributed by atoms with E-state index in [2.05, 4.69) is 10.2 Å². The number of nitrogens with one attached hydrogen (secondary N) is 1. The summed E-state index contributed by atoms with van der Waals surface area (Å²) < 4.78 is 0. The number of aliphatic carboxylic acids is 1. The van der Waals surface area contributed by atoms with Gasteiger partial charge >= 0.3 is 5.97 Å². The predicted molar refractivity (Wildman–Crippen MR) is 83.9 cm³/mol. The molecule has 6 nitrogen and oxygen atoms in total. The average Bonchev–Trinajstić information content (AvgIpc) is 2.85. The number of amides is 1. The van der Waals surface area contributed by atoms with Gasteiger partial charge in [-0.1, -0.05) is 24.3 Å². The van der Waals surface area contributed by atoms with Gasteiger partial charge < -0.3 is 10.0 Å². The molecule has 23 heavy (non-hydrogen) atoms. The first-order chi connectivity index (χ1) is 11.0. The number of aromatic nitrogens is 2. The SMILES string of the molecule is Cc1n[nH]c(C)c1CC(=O)N1Cc2ccccc2C[C@@H]1C(=O)O. The second kappa shape index (κ2) is 5.87. The number of carbonyl (C=O) groups excluding carboxylic acids is 1. The Morgan fingerprint density at radius 3 is 2.61 bits per heavy atom. The third kappa shape index (κ3) is 2.84. The fourth-order valence-electron chi connectivity index (χ4n) is 3.09. The fourth-order valence-corrected chi connectivity index (χ4v) is 3.09. The summed E-state index contributed by atoms with van der Waals surface area (Å²) in [6.07, 6.45) is 0.515. The molecule has 0 bridgehead atoms. The largest absolute Gasteiger partial charge is 0.480 e. The molecule has 120 valence electrons. The molecule has 1 aromatic heterocycles. The van der Waals surface area contributed by atoms with E-state index in [1.54, 1.807) is 0 Å². The lowest BCUT2D eigenvalue weighted by molar-refractivity contribution is -0.151. The number of hydrogen-bond donors (Lipinski definition) is 2. The number of carboxylic acid groups (broad SMARTS) is 1. The summed E-state index contributed by atoms with van der Waals surface area (Å²) in [6.45, 7) is 4.04. The summed E-state index contributed by atoms with van der Waals surface area (Å²) in [5, 5.41) is 16.5. The van der Waals surface area contributed by atoms with Gasteiger partial charge in [-0.2, -0.15) is 5.10 Å². The first-order valence-electron chi connectivity index (χ1n) is 7.57. The van der Waals surface area contributed by atoms with Gasteiger partial charge in [-0.25, -0.2) is 4.79 Å². The Morgan fingerprint density at radius 2 is 2.00 bits per heavy atom. The van der Waals surface area contributed by atoms with Gasteiger partial charge in [0.25, 0.3) is 0 Å². The van der Waals surface area contributed by atoms with Gasteiger partial charge in [-0.15, -0.1) is 0 Å². The van der Waals surface area contributed by atoms with E-state index in [1.807, 2.05) is 38.1 Å². The molecule has 0 unspecified atom stereocenters. The number of carboxylic acids is 1. The Labute approximate surface area is 134 Å². The van der Waals surface area contributed by atoms with Crippen molar-refractivity contribution in [1.29, 1.82) is 0 Å². The molecular formula is C17H19N3O3. The molecule has 2 heterocycles. The zero-order valence-corrected chi connectivity index (χ0v) is 13.2. The molecule has 2 N–H and O–H groups in total. The fraction of sp³-hybridized carbons (Fsp3) is 0.353. The lowest BCUT2D eigenvalue weighted by Gasteiger charge is -2.34. The number of H-pyrrole nitrogens is 1. The number of nitrogens with zero attached hydrogens (tertiary/aromatic N) is 2. The van der Waals surface area contributed by atoms with Crippen LogP contribution >= 0.6 is 0 Å². The summed E-state index contributed by atoms with van der Waals surface area (Å²) in [5.41, 5.74) is 4.48. The van der Waals surface area contributed by atoms with Crippen LogP contribution in [0.3, 0.4) is 0 Å². The van der Waals surface area contributed by atoms with Crippen LogP contribution in [0.25, 0.3) is 0 Å². The third-order valence-corrected chi connectivity index (χ3v) is 4.46. The zero-order chi connectivity index (χ0) is 16.6. The molecule has 0 saturated heterocycles. The van der Waals surface area contributed by atoms with Crippen molar-refractivity contribution >= 4 is 11.9 Å². The normalized spacial score (nSPS) is 17.0. The minimum Gasteiger partial charge on any atom is -0.480 e. The maximum atomic E-state index is 12.7. The van der Waals surface area contributed by atoms with Gasteiger partial charge in [0, 0.05) is 24.2 Å². The standard InChI is InChI=1S/C17H19N3O3/c1-10-14(11(2)19-18-10)8-16(21)20-9-13-6-4-3-5-12(13)7-15(20)17(22)23/h3-6,15H,7-9H2,1-2H3,(H,18,19)(H,22,23)/t15-/m1/s1. The van der Waals surface area contributed by atoms with Crippen molar-refractivity contribution in [3.8, 4) is 0 Å². The molecule has 1 aliphatic rings. The van der Waals surface area contributed by atoms with E-state index in [4.69, 9.17) is 0 Å². The molecule has 1 aromatic carbocycles. The van der Waals surface area contributed by atoms with Gasteiger partial charge in [0.1, 0.15) is 6.04 Å². The number of hydrogen-bond acceptors (Lipinski definition) is 3. The van der Waals surface area contributed by atoms with Crippen LogP contribution in [0.2, 0.25) is 0 Å². The van der Waals surface area contributed by atoms with Crippen LogP contribution in [0.5, 0.6) is 0 Å². The Bertz CT molecular complexity index is 747. The number of carbonyl (C=O) groups is 2. The molecule has 1 atom stereocenters. The summed E-state index contributed by atoms with van der Waals surface area (Å²) in [4.78, 5) is 25.8. The summed E-state index contributed by atoms with van der Waals surface area (Å²) >= 11 is 0. The van der Waals surface area contributed by atoms with Crippen LogP contribution in [0.4, 0.5) is 0 Å². The van der Waals surface area contributed by atoms with Gasteiger partial charge in [-0.3, -0.25) is 9.89 Å². The van der Waals surface area contributed by atoms with Crippen LogP contribution in [-0.2, 0) is 29.0 Å². The second-order valence-electron chi connectivity index (χ2n) is 5.94. The first kappa shape index (κ1) is 15.3. The first-order valence-corrected chi connectivity index (χ1v) is 7.57. The van der Waals surface area contributed by atoms with E-state index in [9.17, 15) is 14.7 Å². The van der Waals surface area contributed by atoms with Crippen molar-refractivity contribution < 1.29 is 14.7 Å². The van der Waals surface area contributed by atoms with Crippen molar-refractivity contribution in [3.05, 3.63) is 52.3 Å². The zero-order valence-electron chi connectivity index (χ0n) is 13.2.